The number of aromatic carboxylic acids is 1. The predicted octanol–water partition coefficient (Wildman–Crippen LogP) is 5.79. The van der Waals surface area contributed by atoms with E-state index in [1.165, 1.54) is 10.6 Å². The van der Waals surface area contributed by atoms with Gasteiger partial charge in [-0.1, -0.05) is 55.8 Å². The average Bonchev–Trinajstić information content (AvgIpc) is 3.15. The zero-order valence-corrected chi connectivity index (χ0v) is 18.2. The monoisotopic (exact) mass is 482 g/mol. The molecule has 5 nitrogen and oxygen atoms in total. The molecule has 1 heterocycles. The number of aryl methyl sites for hydroxylation is 1. The Morgan fingerprint density at radius 3 is 2.24 bits per heavy atom. The van der Waals surface area contributed by atoms with Gasteiger partial charge in [-0.05, 0) is 29.2 Å². The van der Waals surface area contributed by atoms with Gasteiger partial charge in [0.1, 0.15) is 11.5 Å². The van der Waals surface area contributed by atoms with Crippen molar-refractivity contribution in [1.29, 1.82) is 0 Å². The third kappa shape index (κ3) is 4.96. The number of imidazole rings is 1. The van der Waals surface area contributed by atoms with E-state index in [9.17, 15) is 37.0 Å². The van der Waals surface area contributed by atoms with Gasteiger partial charge in [0.15, 0.2) is 0 Å². The third-order valence-electron chi connectivity index (χ3n) is 5.47. The number of aliphatic hydroxyl groups excluding tert-OH is 1. The molecule has 2 aromatic carbocycles. The summed E-state index contributed by atoms with van der Waals surface area (Å²) in [4.78, 5) is 15.1. The largest absolute Gasteiger partial charge is 0.478 e. The van der Waals surface area contributed by atoms with E-state index in [0.29, 0.717) is 29.5 Å². The number of carboxylic acids is 1. The van der Waals surface area contributed by atoms with Crippen LogP contribution in [-0.2, 0) is 25.5 Å². The van der Waals surface area contributed by atoms with Crippen LogP contribution in [0, 0.1) is 0 Å². The van der Waals surface area contributed by atoms with Crippen LogP contribution in [0.2, 0.25) is 0 Å². The van der Waals surface area contributed by atoms with Gasteiger partial charge in [0.25, 0.3) is 0 Å². The summed E-state index contributed by atoms with van der Waals surface area (Å²) in [6.07, 6.45) is -4.49. The Morgan fingerprint density at radius 1 is 1.03 bits per heavy atom. The number of hydrogen-bond donors (Lipinski definition) is 2. The summed E-state index contributed by atoms with van der Waals surface area (Å²) in [7, 11) is 0. The molecule has 0 saturated carbocycles. The Labute approximate surface area is 192 Å². The van der Waals surface area contributed by atoms with Crippen molar-refractivity contribution in [2.24, 2.45) is 0 Å². The van der Waals surface area contributed by atoms with Gasteiger partial charge in [0.05, 0.1) is 17.9 Å². The van der Waals surface area contributed by atoms with E-state index in [2.05, 4.69) is 4.98 Å². The van der Waals surface area contributed by atoms with E-state index in [1.807, 2.05) is 6.92 Å². The molecule has 3 aromatic rings. The number of benzene rings is 2. The van der Waals surface area contributed by atoms with Crippen molar-refractivity contribution >= 4 is 5.97 Å². The van der Waals surface area contributed by atoms with Crippen LogP contribution < -0.4 is 0 Å². The maximum absolute atomic E-state index is 14.1. The van der Waals surface area contributed by atoms with Crippen molar-refractivity contribution in [3.8, 4) is 11.1 Å². The number of carboxylic acid groups (broad SMARTS) is 1. The highest BCUT2D eigenvalue weighted by molar-refractivity contribution is 5.95. The summed E-state index contributed by atoms with van der Waals surface area (Å²) in [6, 6.07) is 12.9. The molecule has 0 unspecified atom stereocenters. The topological polar surface area (TPSA) is 75.4 Å². The molecule has 0 bridgehead atoms. The number of halogens is 5. The summed E-state index contributed by atoms with van der Waals surface area (Å²) >= 11 is 0. The second kappa shape index (κ2) is 9.92. The molecule has 2 N–H and O–H groups in total. The molecule has 1 aromatic heterocycles. The number of rotatable bonds is 9. The first-order valence-corrected chi connectivity index (χ1v) is 10.6. The zero-order chi connectivity index (χ0) is 25.1. The first-order chi connectivity index (χ1) is 16.0. The fraction of sp³-hybridized carbons (Fsp3) is 0.333. The van der Waals surface area contributed by atoms with Crippen LogP contribution in [0.3, 0.4) is 0 Å². The van der Waals surface area contributed by atoms with Gasteiger partial charge < -0.3 is 14.8 Å². The van der Waals surface area contributed by atoms with E-state index >= 15 is 0 Å². The third-order valence-corrected chi connectivity index (χ3v) is 5.47. The van der Waals surface area contributed by atoms with Gasteiger partial charge in [-0.15, -0.1) is 0 Å². The Bertz CT molecular complexity index is 1150. The molecule has 0 fully saturated rings. The Hall–Kier alpha value is -3.27. The van der Waals surface area contributed by atoms with E-state index < -0.39 is 36.1 Å². The van der Waals surface area contributed by atoms with E-state index in [0.717, 1.165) is 0 Å². The van der Waals surface area contributed by atoms with E-state index in [4.69, 9.17) is 0 Å². The first-order valence-electron chi connectivity index (χ1n) is 10.6. The maximum atomic E-state index is 14.1. The first kappa shape index (κ1) is 25.4. The van der Waals surface area contributed by atoms with Gasteiger partial charge in [-0.3, -0.25) is 0 Å². The highest BCUT2D eigenvalue weighted by Gasteiger charge is 2.61. The number of carbonyl (C=O) groups is 1. The molecule has 0 amide bonds. The summed E-state index contributed by atoms with van der Waals surface area (Å²) in [5.41, 5.74) is -0.327. The second-order valence-corrected chi connectivity index (χ2v) is 7.79. The van der Waals surface area contributed by atoms with Gasteiger partial charge in [0.2, 0.25) is 0 Å². The van der Waals surface area contributed by atoms with E-state index in [-0.39, 0.29) is 24.4 Å². The fourth-order valence-electron chi connectivity index (χ4n) is 3.69. The molecular formula is C24H23F5N2O3. The summed E-state index contributed by atoms with van der Waals surface area (Å²) < 4.78 is 68.6. The van der Waals surface area contributed by atoms with Gasteiger partial charge >= 0.3 is 18.1 Å². The Kier molecular flexibility index (Phi) is 7.40. The van der Waals surface area contributed by atoms with Crippen LogP contribution in [0.15, 0.2) is 48.5 Å². The predicted molar refractivity (Wildman–Crippen MR) is 115 cm³/mol. The maximum Gasteiger partial charge on any atom is 0.459 e. The number of aromatic nitrogens is 2. The smallest absolute Gasteiger partial charge is 0.459 e. The molecule has 0 radical (unpaired) electrons. The van der Waals surface area contributed by atoms with Crippen LogP contribution in [0.5, 0.6) is 0 Å². The van der Waals surface area contributed by atoms with Crippen LogP contribution >= 0.6 is 0 Å². The highest BCUT2D eigenvalue weighted by Crippen LogP contribution is 2.45. The molecule has 182 valence electrons. The summed E-state index contributed by atoms with van der Waals surface area (Å²) in [6.45, 7) is 0.722. The summed E-state index contributed by atoms with van der Waals surface area (Å²) in [5.74, 6) is -6.27. The fourth-order valence-corrected chi connectivity index (χ4v) is 3.69. The van der Waals surface area contributed by atoms with Crippen LogP contribution in [-0.4, -0.2) is 31.9 Å². The Balaban J connectivity index is 2.01. The molecule has 10 heteroatoms. The molecule has 0 atom stereocenters. The number of unbranched alkanes of at least 4 members (excludes halogenated alkanes) is 1. The lowest BCUT2D eigenvalue weighted by Gasteiger charge is -2.19. The molecule has 0 aliphatic rings. The minimum absolute atomic E-state index is 0.0325. The lowest BCUT2D eigenvalue weighted by atomic mass is 9.98. The zero-order valence-electron chi connectivity index (χ0n) is 18.2. The van der Waals surface area contributed by atoms with E-state index in [1.54, 1.807) is 42.5 Å². The van der Waals surface area contributed by atoms with Gasteiger partial charge in [-0.25, -0.2) is 9.78 Å². The minimum Gasteiger partial charge on any atom is -0.478 e. The molecule has 0 aliphatic carbocycles. The number of alkyl halides is 5. The van der Waals surface area contributed by atoms with Gasteiger partial charge in [-0.2, -0.15) is 22.0 Å². The van der Waals surface area contributed by atoms with Crippen molar-refractivity contribution in [2.45, 2.75) is 51.4 Å². The van der Waals surface area contributed by atoms with Crippen molar-refractivity contribution in [3.63, 3.8) is 0 Å². The normalized spacial score (nSPS) is 12.2. The van der Waals surface area contributed by atoms with Crippen molar-refractivity contribution in [1.82, 2.24) is 9.55 Å². The van der Waals surface area contributed by atoms with Gasteiger partial charge in [0, 0.05) is 13.0 Å². The lowest BCUT2D eigenvalue weighted by Crippen LogP contribution is -2.35. The van der Waals surface area contributed by atoms with Crippen molar-refractivity contribution in [3.05, 3.63) is 76.9 Å². The SMILES string of the molecule is CCCCc1nc(C(F)(F)C(F)(F)F)c(CO)n1Cc1ccc(-c2ccccc2C(=O)O)cc1. The molecule has 0 saturated heterocycles. The number of nitrogens with zero attached hydrogens (tertiary/aromatic N) is 2. The highest BCUT2D eigenvalue weighted by atomic mass is 19.4. The molecule has 34 heavy (non-hydrogen) atoms. The Morgan fingerprint density at radius 2 is 1.68 bits per heavy atom. The number of aliphatic hydroxyl groups is 1. The average molecular weight is 482 g/mol. The number of hydrogen-bond acceptors (Lipinski definition) is 3. The quantitative estimate of drug-likeness (QED) is 0.379. The standard InChI is InChI=1S/C24H23F5N2O3/c1-2-3-8-20-30-21(23(25,26)24(27,28)29)19(14-32)31(20)13-15-9-11-16(12-10-15)17-6-4-5-7-18(17)22(33)34/h4-7,9-12,32H,2-3,8,13-14H2,1H3,(H,33,34). The van der Waals surface area contributed by atoms with Crippen LogP contribution in [0.4, 0.5) is 22.0 Å². The molecule has 3 rings (SSSR count). The molecule has 0 aliphatic heterocycles. The molecular weight excluding hydrogens is 459 g/mol. The van der Waals surface area contributed by atoms with Crippen molar-refractivity contribution in [2.75, 3.05) is 0 Å². The minimum atomic E-state index is -5.85. The second-order valence-electron chi connectivity index (χ2n) is 7.79. The lowest BCUT2D eigenvalue weighted by molar-refractivity contribution is -0.291. The summed E-state index contributed by atoms with van der Waals surface area (Å²) in [5, 5.41) is 19.1. The molecule has 0 spiro atoms. The van der Waals surface area contributed by atoms with Crippen LogP contribution in [0.1, 0.15) is 52.9 Å². The van der Waals surface area contributed by atoms with Crippen LogP contribution in [0.25, 0.3) is 11.1 Å². The van der Waals surface area contributed by atoms with Crippen molar-refractivity contribution < 1.29 is 37.0 Å².